The van der Waals surface area contributed by atoms with Crippen molar-refractivity contribution in [1.82, 2.24) is 9.80 Å². The van der Waals surface area contributed by atoms with Gasteiger partial charge in [-0.25, -0.2) is 0 Å². The summed E-state index contributed by atoms with van der Waals surface area (Å²) < 4.78 is 10.6. The van der Waals surface area contributed by atoms with Gasteiger partial charge < -0.3 is 14.4 Å². The van der Waals surface area contributed by atoms with Gasteiger partial charge in [-0.05, 0) is 25.8 Å². The Morgan fingerprint density at radius 2 is 1.81 bits per heavy atom. The smallest absolute Gasteiger partial charge is 0.319 e. The van der Waals surface area contributed by atoms with Crippen LogP contribution in [0.4, 0.5) is 0 Å². The standard InChI is InChI=1S/C20H30N2O4/c1-5-18(17-9-7-6-8-10-17)21(14-20(24)25-4)13-19(23)22-11-15(2)26-16(3)12-22/h6-10,15-16,18H,5,11-14H2,1-4H3/t15-,16+,18-/m1/s1. The molecule has 1 heterocycles. The minimum atomic E-state index is -0.337. The maximum absolute atomic E-state index is 12.9. The van der Waals surface area contributed by atoms with Crippen molar-refractivity contribution < 1.29 is 19.1 Å². The average molecular weight is 362 g/mol. The van der Waals surface area contributed by atoms with E-state index in [0.29, 0.717) is 13.1 Å². The normalized spacial score (nSPS) is 21.5. The SMILES string of the molecule is CC[C@H](c1ccccc1)N(CC(=O)OC)CC(=O)N1C[C@@H](C)O[C@@H](C)C1. The third-order valence-corrected chi connectivity index (χ3v) is 4.68. The van der Waals surface area contributed by atoms with Crippen LogP contribution in [0.15, 0.2) is 30.3 Å². The Morgan fingerprint density at radius 1 is 1.19 bits per heavy atom. The van der Waals surface area contributed by atoms with Crippen LogP contribution in [0.5, 0.6) is 0 Å². The molecule has 0 aromatic heterocycles. The Hall–Kier alpha value is -1.92. The van der Waals surface area contributed by atoms with Crippen LogP contribution in [-0.4, -0.2) is 67.2 Å². The summed E-state index contributed by atoms with van der Waals surface area (Å²) >= 11 is 0. The third kappa shape index (κ3) is 5.54. The van der Waals surface area contributed by atoms with Gasteiger partial charge in [0.15, 0.2) is 0 Å². The topological polar surface area (TPSA) is 59.1 Å². The fraction of sp³-hybridized carbons (Fsp3) is 0.600. The van der Waals surface area contributed by atoms with Gasteiger partial charge in [-0.1, -0.05) is 37.3 Å². The van der Waals surface area contributed by atoms with Crippen molar-refractivity contribution in [2.75, 3.05) is 33.3 Å². The van der Waals surface area contributed by atoms with E-state index in [1.165, 1.54) is 7.11 Å². The number of carbonyl (C=O) groups is 2. The number of esters is 1. The highest BCUT2D eigenvalue weighted by molar-refractivity contribution is 5.79. The number of nitrogens with zero attached hydrogens (tertiary/aromatic N) is 2. The zero-order valence-electron chi connectivity index (χ0n) is 16.2. The first kappa shape index (κ1) is 20.4. The molecule has 1 aliphatic heterocycles. The summed E-state index contributed by atoms with van der Waals surface area (Å²) in [6.45, 7) is 7.44. The maximum atomic E-state index is 12.9. The summed E-state index contributed by atoms with van der Waals surface area (Å²) in [6.07, 6.45) is 0.838. The molecule has 1 aromatic carbocycles. The van der Waals surface area contributed by atoms with Gasteiger partial charge in [-0.2, -0.15) is 0 Å². The van der Waals surface area contributed by atoms with Crippen molar-refractivity contribution in [2.24, 2.45) is 0 Å². The monoisotopic (exact) mass is 362 g/mol. The molecule has 0 unspecified atom stereocenters. The van der Waals surface area contributed by atoms with Crippen molar-refractivity contribution >= 4 is 11.9 Å². The molecule has 6 heteroatoms. The molecule has 0 aliphatic carbocycles. The van der Waals surface area contributed by atoms with Crippen LogP contribution in [0.25, 0.3) is 0 Å². The summed E-state index contributed by atoms with van der Waals surface area (Å²) in [5, 5.41) is 0. The average Bonchev–Trinajstić information content (AvgIpc) is 2.62. The van der Waals surface area contributed by atoms with E-state index in [9.17, 15) is 9.59 Å². The minimum Gasteiger partial charge on any atom is -0.468 e. The second kappa shape index (κ2) is 9.69. The van der Waals surface area contributed by atoms with Crippen LogP contribution in [-0.2, 0) is 19.1 Å². The van der Waals surface area contributed by atoms with Crippen molar-refractivity contribution in [2.45, 2.75) is 45.4 Å². The molecule has 0 spiro atoms. The van der Waals surface area contributed by atoms with E-state index in [4.69, 9.17) is 9.47 Å². The lowest BCUT2D eigenvalue weighted by Crippen LogP contribution is -2.51. The van der Waals surface area contributed by atoms with Crippen LogP contribution in [0, 0.1) is 0 Å². The molecule has 0 radical (unpaired) electrons. The van der Waals surface area contributed by atoms with Crippen molar-refractivity contribution in [3.63, 3.8) is 0 Å². The molecular formula is C20H30N2O4. The molecule has 3 atom stereocenters. The molecule has 1 amide bonds. The van der Waals surface area contributed by atoms with E-state index < -0.39 is 0 Å². The Labute approximate surface area is 156 Å². The van der Waals surface area contributed by atoms with Crippen LogP contribution < -0.4 is 0 Å². The van der Waals surface area contributed by atoms with E-state index in [2.05, 4.69) is 6.92 Å². The van der Waals surface area contributed by atoms with Crippen molar-refractivity contribution in [1.29, 1.82) is 0 Å². The van der Waals surface area contributed by atoms with E-state index >= 15 is 0 Å². The van der Waals surface area contributed by atoms with Crippen LogP contribution in [0.2, 0.25) is 0 Å². The van der Waals surface area contributed by atoms with Gasteiger partial charge >= 0.3 is 5.97 Å². The van der Waals surface area contributed by atoms with Gasteiger partial charge in [0.2, 0.25) is 5.91 Å². The summed E-state index contributed by atoms with van der Waals surface area (Å²) in [5.74, 6) is -0.318. The predicted octanol–water partition coefficient (Wildman–Crippen LogP) is 2.25. The molecule has 26 heavy (non-hydrogen) atoms. The van der Waals surface area contributed by atoms with Crippen molar-refractivity contribution in [3.8, 4) is 0 Å². The highest BCUT2D eigenvalue weighted by atomic mass is 16.5. The van der Waals surface area contributed by atoms with E-state index in [0.717, 1.165) is 12.0 Å². The molecule has 1 saturated heterocycles. The van der Waals surface area contributed by atoms with Gasteiger partial charge in [0.05, 0.1) is 32.4 Å². The predicted molar refractivity (Wildman–Crippen MR) is 99.7 cm³/mol. The van der Waals surface area contributed by atoms with E-state index in [1.54, 1.807) is 0 Å². The Balaban J connectivity index is 2.15. The first-order valence-corrected chi connectivity index (χ1v) is 9.23. The van der Waals surface area contributed by atoms with Gasteiger partial charge in [-0.3, -0.25) is 14.5 Å². The number of carbonyl (C=O) groups excluding carboxylic acids is 2. The van der Waals surface area contributed by atoms with Gasteiger partial charge in [0.1, 0.15) is 0 Å². The van der Waals surface area contributed by atoms with E-state index in [1.807, 2.05) is 54.0 Å². The largest absolute Gasteiger partial charge is 0.468 e. The molecule has 0 saturated carbocycles. The second-order valence-electron chi connectivity index (χ2n) is 6.87. The molecular weight excluding hydrogens is 332 g/mol. The Bertz CT molecular complexity index is 583. The first-order valence-electron chi connectivity index (χ1n) is 9.23. The Morgan fingerprint density at radius 3 is 2.35 bits per heavy atom. The zero-order chi connectivity index (χ0) is 19.1. The number of rotatable bonds is 7. The van der Waals surface area contributed by atoms with Crippen LogP contribution in [0.1, 0.15) is 38.8 Å². The summed E-state index contributed by atoms with van der Waals surface area (Å²) in [4.78, 5) is 28.6. The number of benzene rings is 1. The Kier molecular flexibility index (Phi) is 7.60. The molecule has 1 aliphatic rings. The molecule has 1 fully saturated rings. The number of hydrogen-bond acceptors (Lipinski definition) is 5. The molecule has 0 bridgehead atoms. The maximum Gasteiger partial charge on any atom is 0.319 e. The molecule has 2 rings (SSSR count). The third-order valence-electron chi connectivity index (χ3n) is 4.68. The molecule has 1 aromatic rings. The minimum absolute atomic E-state index is 0.0184. The number of amides is 1. The number of ether oxygens (including phenoxy) is 2. The molecule has 0 N–H and O–H groups in total. The van der Waals surface area contributed by atoms with Gasteiger partial charge in [-0.15, -0.1) is 0 Å². The van der Waals surface area contributed by atoms with Gasteiger partial charge in [0.25, 0.3) is 0 Å². The summed E-state index contributed by atoms with van der Waals surface area (Å²) in [5.41, 5.74) is 1.09. The fourth-order valence-corrected chi connectivity index (χ4v) is 3.54. The van der Waals surface area contributed by atoms with E-state index in [-0.39, 0.29) is 43.2 Å². The first-order chi connectivity index (χ1) is 12.4. The number of morpholine rings is 1. The fourth-order valence-electron chi connectivity index (χ4n) is 3.54. The lowest BCUT2D eigenvalue weighted by Gasteiger charge is -2.37. The number of hydrogen-bond donors (Lipinski definition) is 0. The number of methoxy groups -OCH3 is 1. The summed E-state index contributed by atoms with van der Waals surface area (Å²) in [7, 11) is 1.37. The van der Waals surface area contributed by atoms with Crippen LogP contribution in [0.3, 0.4) is 0 Å². The van der Waals surface area contributed by atoms with Crippen molar-refractivity contribution in [3.05, 3.63) is 35.9 Å². The quantitative estimate of drug-likeness (QED) is 0.696. The lowest BCUT2D eigenvalue weighted by atomic mass is 10.0. The van der Waals surface area contributed by atoms with Crippen LogP contribution >= 0.6 is 0 Å². The highest BCUT2D eigenvalue weighted by Gasteiger charge is 2.30. The second-order valence-corrected chi connectivity index (χ2v) is 6.87. The molecule has 6 nitrogen and oxygen atoms in total. The zero-order valence-corrected chi connectivity index (χ0v) is 16.2. The summed E-state index contributed by atoms with van der Waals surface area (Å²) in [6, 6.07) is 9.95. The van der Waals surface area contributed by atoms with Gasteiger partial charge in [0, 0.05) is 19.1 Å². The molecule has 144 valence electrons. The lowest BCUT2D eigenvalue weighted by molar-refractivity contribution is -0.148. The highest BCUT2D eigenvalue weighted by Crippen LogP contribution is 2.24.